The van der Waals surface area contributed by atoms with Gasteiger partial charge in [-0.25, -0.2) is 14.2 Å². The standard InChI is InChI=1S/C23H25FN4O3S/c24-14-1-8-20-21(11-14)32-23(27-20)31-19-6-4-18(5-7-19)30-10-9-26-15-12-16-2-3-17(13-15)28(16)22(25)29/h1,4-8,11,15-17,26H,2-3,9-10,12-13H2,(H2,25,29)/t15-,16-,17+. The van der Waals surface area contributed by atoms with Gasteiger partial charge in [-0.1, -0.05) is 11.3 Å². The largest absolute Gasteiger partial charge is 0.492 e. The van der Waals surface area contributed by atoms with Crippen molar-refractivity contribution in [3.05, 3.63) is 48.3 Å². The summed E-state index contributed by atoms with van der Waals surface area (Å²) in [6.45, 7) is 1.29. The lowest BCUT2D eigenvalue weighted by molar-refractivity contribution is 0.136. The molecule has 2 saturated heterocycles. The van der Waals surface area contributed by atoms with Gasteiger partial charge < -0.3 is 25.4 Å². The highest BCUT2D eigenvalue weighted by Gasteiger charge is 2.42. The number of aromatic nitrogens is 1. The molecule has 2 aromatic carbocycles. The van der Waals surface area contributed by atoms with Crippen LogP contribution in [0.3, 0.4) is 0 Å². The van der Waals surface area contributed by atoms with E-state index < -0.39 is 0 Å². The fraction of sp³-hybridized carbons (Fsp3) is 0.391. The van der Waals surface area contributed by atoms with E-state index in [9.17, 15) is 9.18 Å². The zero-order valence-electron chi connectivity index (χ0n) is 17.5. The quantitative estimate of drug-likeness (QED) is 0.518. The molecule has 1 aromatic heterocycles. The highest BCUT2D eigenvalue weighted by Crippen LogP contribution is 2.35. The van der Waals surface area contributed by atoms with Crippen LogP contribution in [0.2, 0.25) is 0 Å². The monoisotopic (exact) mass is 456 g/mol. The Hall–Kier alpha value is -2.91. The van der Waals surface area contributed by atoms with Crippen LogP contribution in [0.15, 0.2) is 42.5 Å². The molecule has 3 heterocycles. The third kappa shape index (κ3) is 4.49. The van der Waals surface area contributed by atoms with Crippen LogP contribution in [0.1, 0.15) is 25.7 Å². The zero-order chi connectivity index (χ0) is 22.1. The minimum Gasteiger partial charge on any atom is -0.492 e. The molecule has 9 heteroatoms. The number of rotatable bonds is 7. The van der Waals surface area contributed by atoms with E-state index >= 15 is 0 Å². The van der Waals surface area contributed by atoms with Crippen LogP contribution in [0, 0.1) is 5.82 Å². The summed E-state index contributed by atoms with van der Waals surface area (Å²) in [5, 5.41) is 4.02. The highest BCUT2D eigenvalue weighted by atomic mass is 32.1. The Bertz CT molecular complexity index is 1090. The Morgan fingerprint density at radius 2 is 1.88 bits per heavy atom. The number of ether oxygens (including phenoxy) is 2. The van der Waals surface area contributed by atoms with Crippen molar-refractivity contribution in [2.75, 3.05) is 13.2 Å². The average molecular weight is 457 g/mol. The molecule has 32 heavy (non-hydrogen) atoms. The van der Waals surface area contributed by atoms with Gasteiger partial charge in [0.05, 0.1) is 10.2 Å². The number of carbonyl (C=O) groups excluding carboxylic acids is 1. The molecular formula is C23H25FN4O3S. The Balaban J connectivity index is 1.07. The van der Waals surface area contributed by atoms with Gasteiger partial charge in [-0.05, 0) is 68.1 Å². The number of nitrogens with one attached hydrogen (secondary N) is 1. The molecule has 0 spiro atoms. The van der Waals surface area contributed by atoms with Gasteiger partial charge in [0.15, 0.2) is 0 Å². The number of primary amides is 1. The number of thiazole rings is 1. The van der Waals surface area contributed by atoms with E-state index in [-0.39, 0.29) is 23.9 Å². The maximum Gasteiger partial charge on any atom is 0.315 e. The summed E-state index contributed by atoms with van der Waals surface area (Å²) in [5.41, 5.74) is 6.23. The van der Waals surface area contributed by atoms with Crippen molar-refractivity contribution >= 4 is 27.6 Å². The number of nitrogens with two attached hydrogens (primary N) is 1. The van der Waals surface area contributed by atoms with E-state index in [0.29, 0.717) is 29.1 Å². The van der Waals surface area contributed by atoms with Crippen molar-refractivity contribution in [1.82, 2.24) is 15.2 Å². The molecule has 7 nitrogen and oxygen atoms in total. The molecule has 0 unspecified atom stereocenters. The predicted molar refractivity (Wildman–Crippen MR) is 121 cm³/mol. The van der Waals surface area contributed by atoms with Crippen molar-refractivity contribution in [3.63, 3.8) is 0 Å². The number of hydrogen-bond donors (Lipinski definition) is 2. The summed E-state index contributed by atoms with van der Waals surface area (Å²) >= 11 is 1.31. The van der Waals surface area contributed by atoms with Crippen molar-refractivity contribution in [1.29, 1.82) is 0 Å². The first-order valence-electron chi connectivity index (χ1n) is 10.8. The van der Waals surface area contributed by atoms with Gasteiger partial charge in [0.2, 0.25) is 0 Å². The maximum absolute atomic E-state index is 13.3. The molecule has 3 aromatic rings. The smallest absolute Gasteiger partial charge is 0.315 e. The lowest BCUT2D eigenvalue weighted by atomic mass is 9.98. The minimum absolute atomic E-state index is 0.270. The SMILES string of the molecule is NC(=O)N1[C@@H]2CC[C@H]1C[C@H](NCCOc1ccc(Oc3nc4ccc(F)cc4s3)cc1)C2. The number of amides is 2. The van der Waals surface area contributed by atoms with Crippen molar-refractivity contribution in [2.24, 2.45) is 5.73 Å². The van der Waals surface area contributed by atoms with Gasteiger partial charge in [-0.3, -0.25) is 0 Å². The van der Waals surface area contributed by atoms with Gasteiger partial charge in [-0.2, -0.15) is 0 Å². The molecule has 0 radical (unpaired) electrons. The van der Waals surface area contributed by atoms with Crippen LogP contribution < -0.4 is 20.5 Å². The minimum atomic E-state index is -0.288. The number of fused-ring (bicyclic) bond motifs is 3. The molecule has 0 saturated carbocycles. The number of urea groups is 1. The molecule has 3 N–H and O–H groups in total. The van der Waals surface area contributed by atoms with E-state index in [1.165, 1.54) is 23.5 Å². The predicted octanol–water partition coefficient (Wildman–Crippen LogP) is 4.27. The Kier molecular flexibility index (Phi) is 5.84. The number of nitrogens with zero attached hydrogens (tertiary/aromatic N) is 2. The fourth-order valence-electron chi connectivity index (χ4n) is 4.76. The van der Waals surface area contributed by atoms with Crippen LogP contribution in [0.25, 0.3) is 10.2 Å². The topological polar surface area (TPSA) is 89.7 Å². The zero-order valence-corrected chi connectivity index (χ0v) is 18.3. The van der Waals surface area contributed by atoms with Crippen molar-refractivity contribution in [3.8, 4) is 16.7 Å². The lowest BCUT2D eigenvalue weighted by Crippen LogP contribution is -2.53. The van der Waals surface area contributed by atoms with Crippen LogP contribution in [-0.2, 0) is 0 Å². The molecule has 2 aliphatic heterocycles. The summed E-state index contributed by atoms with van der Waals surface area (Å²) in [7, 11) is 0. The third-order valence-electron chi connectivity index (χ3n) is 6.15. The normalized spacial score (nSPS) is 22.3. The summed E-state index contributed by atoms with van der Waals surface area (Å²) < 4.78 is 25.7. The van der Waals surface area contributed by atoms with Crippen LogP contribution in [0.4, 0.5) is 9.18 Å². The number of piperidine rings is 1. The second kappa shape index (κ2) is 8.91. The Labute approximate surface area is 189 Å². The van der Waals surface area contributed by atoms with Crippen LogP contribution in [-0.4, -0.2) is 47.2 Å². The third-order valence-corrected chi connectivity index (χ3v) is 7.05. The molecular weight excluding hydrogens is 431 g/mol. The summed E-state index contributed by atoms with van der Waals surface area (Å²) in [6.07, 6.45) is 3.99. The van der Waals surface area contributed by atoms with Gasteiger partial charge in [-0.15, -0.1) is 0 Å². The van der Waals surface area contributed by atoms with Gasteiger partial charge >= 0.3 is 6.03 Å². The van der Waals surface area contributed by atoms with Crippen LogP contribution in [0.5, 0.6) is 16.7 Å². The summed E-state index contributed by atoms with van der Waals surface area (Å²) in [4.78, 5) is 17.8. The van der Waals surface area contributed by atoms with Crippen molar-refractivity contribution in [2.45, 2.75) is 43.8 Å². The number of carbonyl (C=O) groups is 1. The van der Waals surface area contributed by atoms with E-state index in [0.717, 1.165) is 42.7 Å². The molecule has 0 aliphatic carbocycles. The van der Waals surface area contributed by atoms with E-state index in [1.807, 2.05) is 29.2 Å². The number of halogens is 1. The first-order chi connectivity index (χ1) is 15.5. The molecule has 168 valence electrons. The van der Waals surface area contributed by atoms with Gasteiger partial charge in [0.1, 0.15) is 23.9 Å². The number of benzene rings is 2. The highest BCUT2D eigenvalue weighted by molar-refractivity contribution is 7.20. The van der Waals surface area contributed by atoms with E-state index in [4.69, 9.17) is 15.2 Å². The molecule has 2 aliphatic rings. The fourth-order valence-corrected chi connectivity index (χ4v) is 5.62. The van der Waals surface area contributed by atoms with Gasteiger partial charge in [0, 0.05) is 24.7 Å². The molecule has 2 fully saturated rings. The van der Waals surface area contributed by atoms with Crippen molar-refractivity contribution < 1.29 is 18.7 Å². The first-order valence-corrected chi connectivity index (χ1v) is 11.6. The molecule has 5 rings (SSSR count). The molecule has 2 amide bonds. The van der Waals surface area contributed by atoms with Gasteiger partial charge in [0.25, 0.3) is 5.19 Å². The average Bonchev–Trinajstić information content (AvgIpc) is 3.29. The second-order valence-electron chi connectivity index (χ2n) is 8.27. The summed E-state index contributed by atoms with van der Waals surface area (Å²) in [5.74, 6) is 1.12. The second-order valence-corrected chi connectivity index (χ2v) is 9.26. The first kappa shape index (κ1) is 21.0. The Morgan fingerprint density at radius 3 is 2.59 bits per heavy atom. The number of hydrogen-bond acceptors (Lipinski definition) is 6. The lowest BCUT2D eigenvalue weighted by Gasteiger charge is -2.38. The summed E-state index contributed by atoms with van der Waals surface area (Å²) in [6, 6.07) is 12.5. The molecule has 2 bridgehead atoms. The maximum atomic E-state index is 13.3. The Morgan fingerprint density at radius 1 is 1.16 bits per heavy atom. The molecule has 3 atom stereocenters. The van der Waals surface area contributed by atoms with Crippen LogP contribution >= 0.6 is 11.3 Å². The van der Waals surface area contributed by atoms with E-state index in [1.54, 1.807) is 6.07 Å². The van der Waals surface area contributed by atoms with E-state index in [2.05, 4.69) is 10.3 Å².